The fraction of sp³-hybridized carbons (Fsp3) is 0.903. The molecule has 4 saturated heterocycles. The summed E-state index contributed by atoms with van der Waals surface area (Å²) in [5.74, 6) is -1.84. The average Bonchev–Trinajstić information content (AvgIpc) is 3.13. The minimum atomic E-state index is -1.97. The summed E-state index contributed by atoms with van der Waals surface area (Å²) in [7, 11) is 1.21. The van der Waals surface area contributed by atoms with Crippen LogP contribution in [0.1, 0.15) is 27.7 Å². The zero-order valence-corrected chi connectivity index (χ0v) is 30.2. The van der Waals surface area contributed by atoms with E-state index < -0.39 is 160 Å². The predicted molar refractivity (Wildman–Crippen MR) is 172 cm³/mol. The number of carbonyl (C=O) groups excluding carboxylic acids is 3. The Bertz CT molecular complexity index is 1250. The van der Waals surface area contributed by atoms with E-state index in [0.717, 1.165) is 6.92 Å². The summed E-state index contributed by atoms with van der Waals surface area (Å²) in [5.41, 5.74) is 0. The first-order valence-corrected chi connectivity index (χ1v) is 17.3. The third-order valence-corrected chi connectivity index (χ3v) is 9.56. The number of ether oxygens (including phenoxy) is 8. The van der Waals surface area contributed by atoms with Crippen LogP contribution in [0.2, 0.25) is 0 Å². The van der Waals surface area contributed by atoms with Gasteiger partial charge in [0.1, 0.15) is 85.4 Å². The van der Waals surface area contributed by atoms with Gasteiger partial charge in [-0.15, -0.1) is 0 Å². The number of hydrogen-bond acceptors (Lipinski definition) is 20. The Balaban J connectivity index is 1.72. The van der Waals surface area contributed by atoms with Gasteiger partial charge in [0.15, 0.2) is 25.2 Å². The first-order chi connectivity index (χ1) is 25.4. The number of rotatable bonds is 13. The molecule has 0 aromatic rings. The van der Waals surface area contributed by atoms with Crippen LogP contribution in [-0.4, -0.2) is 213 Å². The topological polar surface area (TPSA) is 343 Å². The summed E-state index contributed by atoms with van der Waals surface area (Å²) in [6.45, 7) is 3.40. The maximum atomic E-state index is 12.5. The minimum Gasteiger partial charge on any atom is -0.394 e. The van der Waals surface area contributed by atoms with Crippen LogP contribution in [0.4, 0.5) is 0 Å². The second-order valence-electron chi connectivity index (χ2n) is 13.6. The van der Waals surface area contributed by atoms with Crippen molar-refractivity contribution >= 4 is 17.7 Å². The lowest BCUT2D eigenvalue weighted by molar-refractivity contribution is -0.389. The first kappa shape index (κ1) is 44.4. The van der Waals surface area contributed by atoms with Crippen LogP contribution in [-0.2, 0) is 52.3 Å². The van der Waals surface area contributed by atoms with Gasteiger partial charge in [-0.2, -0.15) is 0 Å². The Hall–Kier alpha value is -2.27. The summed E-state index contributed by atoms with van der Waals surface area (Å²) in [5, 5.41) is 103. The van der Waals surface area contributed by atoms with Gasteiger partial charge in [0.25, 0.3) is 0 Å². The molecule has 0 saturated carbocycles. The molecule has 0 aromatic carbocycles. The highest BCUT2D eigenvalue weighted by Crippen LogP contribution is 2.35. The number of aliphatic hydroxyl groups excluding tert-OH is 9. The summed E-state index contributed by atoms with van der Waals surface area (Å²) in [4.78, 5) is 36.2. The van der Waals surface area contributed by atoms with Gasteiger partial charge < -0.3 is 99.8 Å². The number of aliphatic hydroxyl groups is 9. The molecule has 4 fully saturated rings. The quantitative estimate of drug-likeness (QED) is 0.0825. The zero-order chi connectivity index (χ0) is 40.2. The molecule has 0 unspecified atom stereocenters. The van der Waals surface area contributed by atoms with Crippen LogP contribution >= 0.6 is 0 Å². The number of carbonyl (C=O) groups is 3. The standard InChI is InChI=1S/C31H53N3O20/c1-9-17(39)20(42)23(45)29(48-9)52-25-14(8-35)51-28(47-5)16(34-12(4)37)26(25)53-31-27(54-30-24(46)21(43)18(40)10(2)49-30)22(44)19(41)13(50-31)6-33-15(38)7-32-11(3)36/h9-10,13-14,16-31,35,39-46H,6-8H2,1-5H3,(H,32,36)(H,33,38)(H,34,37)/t9-,10-,13+,14+,16+,17+,18+,19-,20+,21+,22-,23-,24-,25+,26+,27+,28+,29-,30-,31-/m0/s1. The van der Waals surface area contributed by atoms with Crippen molar-refractivity contribution < 1.29 is 98.2 Å². The van der Waals surface area contributed by atoms with E-state index in [9.17, 15) is 60.3 Å². The molecule has 4 rings (SSSR count). The van der Waals surface area contributed by atoms with Crippen LogP contribution in [0, 0.1) is 0 Å². The second-order valence-corrected chi connectivity index (χ2v) is 13.6. The molecular weight excluding hydrogens is 734 g/mol. The van der Waals surface area contributed by atoms with Gasteiger partial charge in [-0.05, 0) is 13.8 Å². The van der Waals surface area contributed by atoms with Crippen molar-refractivity contribution in [2.75, 3.05) is 26.8 Å². The van der Waals surface area contributed by atoms with E-state index >= 15 is 0 Å². The lowest BCUT2D eigenvalue weighted by atomic mass is 9.94. The lowest BCUT2D eigenvalue weighted by Crippen LogP contribution is -2.70. The summed E-state index contributed by atoms with van der Waals surface area (Å²) in [6.07, 6.45) is -30.8. The molecule has 4 aliphatic heterocycles. The molecule has 4 heterocycles. The summed E-state index contributed by atoms with van der Waals surface area (Å²) >= 11 is 0. The molecule has 0 bridgehead atoms. The highest BCUT2D eigenvalue weighted by molar-refractivity contribution is 5.83. The number of methoxy groups -OCH3 is 1. The Morgan fingerprint density at radius 2 is 1.09 bits per heavy atom. The molecule has 23 heteroatoms. The van der Waals surface area contributed by atoms with Crippen molar-refractivity contribution in [2.24, 2.45) is 0 Å². The Labute approximate surface area is 309 Å². The van der Waals surface area contributed by atoms with E-state index in [2.05, 4.69) is 16.0 Å². The highest BCUT2D eigenvalue weighted by atomic mass is 16.8. The van der Waals surface area contributed by atoms with Gasteiger partial charge in [0.05, 0.1) is 25.4 Å². The molecule has 4 aliphatic rings. The fourth-order valence-electron chi connectivity index (χ4n) is 6.49. The SMILES string of the molecule is CO[C@@H]1O[C@H](CO)[C@@H](O[C@@H]2O[C@@H](C)[C@@H](O)[C@@H](O)[C@@H]2O)[C@H](O[C@@H]2O[C@H](CNC(=O)CNC(C)=O)[C@H](O)[C@H](O)[C@H]2O[C@@H]2O[C@@H](C)[C@@H](O)[C@@H](O)[C@@H]2O)[C@H]1NC(C)=O. The molecular formula is C31H53N3O20. The van der Waals surface area contributed by atoms with Gasteiger partial charge in [0.2, 0.25) is 17.7 Å². The van der Waals surface area contributed by atoms with E-state index in [1.807, 2.05) is 0 Å². The molecule has 12 N–H and O–H groups in total. The van der Waals surface area contributed by atoms with Crippen LogP contribution in [0.15, 0.2) is 0 Å². The first-order valence-electron chi connectivity index (χ1n) is 17.3. The molecule has 23 nitrogen and oxygen atoms in total. The van der Waals surface area contributed by atoms with Crippen molar-refractivity contribution in [1.82, 2.24) is 16.0 Å². The maximum Gasteiger partial charge on any atom is 0.239 e. The third kappa shape index (κ3) is 10.2. The van der Waals surface area contributed by atoms with E-state index in [1.54, 1.807) is 0 Å². The summed E-state index contributed by atoms with van der Waals surface area (Å²) in [6, 6.07) is -1.36. The fourth-order valence-corrected chi connectivity index (χ4v) is 6.49. The van der Waals surface area contributed by atoms with Gasteiger partial charge in [-0.3, -0.25) is 14.4 Å². The average molecular weight is 788 g/mol. The summed E-state index contributed by atoms with van der Waals surface area (Å²) < 4.78 is 46.8. The van der Waals surface area contributed by atoms with Crippen molar-refractivity contribution in [3.05, 3.63) is 0 Å². The van der Waals surface area contributed by atoms with E-state index in [1.165, 1.54) is 27.9 Å². The molecule has 20 atom stereocenters. The van der Waals surface area contributed by atoms with Crippen molar-refractivity contribution in [3.8, 4) is 0 Å². The molecule has 0 aromatic heterocycles. The third-order valence-electron chi connectivity index (χ3n) is 9.56. The van der Waals surface area contributed by atoms with Gasteiger partial charge >= 0.3 is 0 Å². The van der Waals surface area contributed by atoms with Crippen molar-refractivity contribution in [2.45, 2.75) is 150 Å². The molecule has 0 spiro atoms. The monoisotopic (exact) mass is 787 g/mol. The number of amides is 3. The van der Waals surface area contributed by atoms with E-state index in [0.29, 0.717) is 0 Å². The Kier molecular flexibility index (Phi) is 15.8. The molecule has 0 radical (unpaired) electrons. The normalized spacial score (nSPS) is 45.7. The molecule has 312 valence electrons. The van der Waals surface area contributed by atoms with Gasteiger partial charge in [-0.1, -0.05) is 0 Å². The number of nitrogens with one attached hydrogen (secondary N) is 3. The Morgan fingerprint density at radius 1 is 0.574 bits per heavy atom. The molecule has 3 amide bonds. The van der Waals surface area contributed by atoms with Crippen LogP contribution in [0.25, 0.3) is 0 Å². The van der Waals surface area contributed by atoms with Crippen LogP contribution < -0.4 is 16.0 Å². The van der Waals surface area contributed by atoms with Crippen LogP contribution in [0.3, 0.4) is 0 Å². The largest absolute Gasteiger partial charge is 0.394 e. The van der Waals surface area contributed by atoms with Crippen LogP contribution in [0.5, 0.6) is 0 Å². The van der Waals surface area contributed by atoms with E-state index in [-0.39, 0.29) is 0 Å². The van der Waals surface area contributed by atoms with Crippen molar-refractivity contribution in [1.29, 1.82) is 0 Å². The highest BCUT2D eigenvalue weighted by Gasteiger charge is 2.56. The van der Waals surface area contributed by atoms with Gasteiger partial charge in [0, 0.05) is 27.5 Å². The maximum absolute atomic E-state index is 12.5. The van der Waals surface area contributed by atoms with E-state index in [4.69, 9.17) is 37.9 Å². The smallest absolute Gasteiger partial charge is 0.239 e. The molecule has 54 heavy (non-hydrogen) atoms. The van der Waals surface area contributed by atoms with Gasteiger partial charge in [-0.25, -0.2) is 0 Å². The predicted octanol–water partition coefficient (Wildman–Crippen LogP) is -7.64. The van der Waals surface area contributed by atoms with Crippen molar-refractivity contribution in [3.63, 3.8) is 0 Å². The lowest BCUT2D eigenvalue weighted by Gasteiger charge is -2.51. The zero-order valence-electron chi connectivity index (χ0n) is 30.2. The minimum absolute atomic E-state index is 0.435. The Morgan fingerprint density at radius 3 is 1.59 bits per heavy atom. The second kappa shape index (κ2) is 19.3. The molecule has 0 aliphatic carbocycles. The number of hydrogen-bond donors (Lipinski definition) is 12.